The van der Waals surface area contributed by atoms with Crippen molar-refractivity contribution in [3.63, 3.8) is 0 Å². The summed E-state index contributed by atoms with van der Waals surface area (Å²) in [7, 11) is 1.46. The van der Waals surface area contributed by atoms with Gasteiger partial charge >= 0.3 is 5.97 Å². The number of aliphatic hydroxyl groups excluding tert-OH is 1. The van der Waals surface area contributed by atoms with Gasteiger partial charge in [0.15, 0.2) is 11.5 Å². The van der Waals surface area contributed by atoms with Crippen LogP contribution in [0.25, 0.3) is 0 Å². The zero-order valence-electron chi connectivity index (χ0n) is 18.8. The molecule has 182 valence electrons. The molecule has 1 aromatic rings. The molecule has 33 heavy (non-hydrogen) atoms. The number of likely N-dealkylation sites (N-methyl/N-ethyl adjacent to an activating group) is 1. The Morgan fingerprint density at radius 2 is 1.88 bits per heavy atom. The number of aliphatic hydroxyl groups is 1. The van der Waals surface area contributed by atoms with E-state index in [2.05, 4.69) is 21.3 Å². The van der Waals surface area contributed by atoms with Crippen molar-refractivity contribution in [1.29, 1.82) is 0 Å². The number of aliphatic carboxylic acids is 1. The van der Waals surface area contributed by atoms with Gasteiger partial charge in [0.05, 0.1) is 0 Å². The monoisotopic (exact) mass is 466 g/mol. The van der Waals surface area contributed by atoms with Crippen LogP contribution >= 0.6 is 0 Å². The number of carbonyl (C=O) groups excluding carboxylic acids is 3. The molecule has 2 bridgehead atoms. The summed E-state index contributed by atoms with van der Waals surface area (Å²) in [5, 5.41) is 39.9. The number of amides is 3. The van der Waals surface area contributed by atoms with Gasteiger partial charge in [-0.2, -0.15) is 0 Å². The molecule has 1 heterocycles. The van der Waals surface area contributed by atoms with Crippen molar-refractivity contribution < 1.29 is 39.2 Å². The fourth-order valence-electron chi connectivity index (χ4n) is 3.40. The second kappa shape index (κ2) is 10.5. The van der Waals surface area contributed by atoms with Crippen LogP contribution in [0.5, 0.6) is 11.5 Å². The van der Waals surface area contributed by atoms with Gasteiger partial charge in [0, 0.05) is 0 Å². The molecular weight excluding hydrogens is 436 g/mol. The lowest BCUT2D eigenvalue weighted by Gasteiger charge is -2.37. The van der Waals surface area contributed by atoms with Crippen LogP contribution < -0.4 is 26.0 Å². The molecule has 0 fully saturated rings. The van der Waals surface area contributed by atoms with E-state index in [1.54, 1.807) is 6.92 Å². The minimum atomic E-state index is -1.44. The zero-order valence-corrected chi connectivity index (χ0v) is 18.8. The summed E-state index contributed by atoms with van der Waals surface area (Å²) < 4.78 is 5.99. The minimum Gasteiger partial charge on any atom is -0.504 e. The van der Waals surface area contributed by atoms with Crippen molar-refractivity contribution in [2.24, 2.45) is 0 Å². The Morgan fingerprint density at radius 1 is 1.21 bits per heavy atom. The summed E-state index contributed by atoms with van der Waals surface area (Å²) in [6, 6.07) is 0.398. The van der Waals surface area contributed by atoms with Crippen LogP contribution in [-0.2, 0) is 19.2 Å². The van der Waals surface area contributed by atoms with Crippen LogP contribution in [0.1, 0.15) is 38.9 Å². The predicted octanol–water partition coefficient (Wildman–Crippen LogP) is -1.23. The molecule has 0 aromatic heterocycles. The van der Waals surface area contributed by atoms with Gasteiger partial charge in [-0.25, -0.2) is 0 Å². The number of nitrogens with one attached hydrogen (secondary N) is 4. The summed E-state index contributed by atoms with van der Waals surface area (Å²) in [6.45, 7) is 3.90. The van der Waals surface area contributed by atoms with Gasteiger partial charge in [0.25, 0.3) is 0 Å². The van der Waals surface area contributed by atoms with E-state index in [1.807, 2.05) is 0 Å². The lowest BCUT2D eigenvalue weighted by atomic mass is 9.91. The van der Waals surface area contributed by atoms with Gasteiger partial charge in [-0.15, -0.1) is 0 Å². The highest BCUT2D eigenvalue weighted by molar-refractivity contribution is 5.94. The van der Waals surface area contributed by atoms with E-state index >= 15 is 0 Å². The SMILES string of the molecule is CC[C@@]1(C)Oc2cc(ccc2O)[C@@H](O)C(NC)C(=O)N[C@@H](C)C(=O)N[C@@H]1C(=O)NCC(=O)O. The average Bonchev–Trinajstić information content (AvgIpc) is 2.76. The third-order valence-corrected chi connectivity index (χ3v) is 5.61. The minimum absolute atomic E-state index is 0.0938. The number of rotatable bonds is 5. The molecule has 3 amide bonds. The van der Waals surface area contributed by atoms with E-state index in [9.17, 15) is 29.4 Å². The number of benzene rings is 1. The largest absolute Gasteiger partial charge is 0.504 e. The third kappa shape index (κ3) is 5.90. The van der Waals surface area contributed by atoms with Crippen molar-refractivity contribution in [2.75, 3.05) is 13.6 Å². The highest BCUT2D eigenvalue weighted by atomic mass is 16.5. The van der Waals surface area contributed by atoms with E-state index in [1.165, 1.54) is 39.1 Å². The number of carboxylic acid groups (broad SMARTS) is 1. The van der Waals surface area contributed by atoms with E-state index in [4.69, 9.17) is 9.84 Å². The number of carboxylic acids is 1. The summed E-state index contributed by atoms with van der Waals surface area (Å²) in [4.78, 5) is 49.3. The normalized spacial score (nSPS) is 28.2. The molecule has 1 aromatic carbocycles. The van der Waals surface area contributed by atoms with Crippen molar-refractivity contribution >= 4 is 23.7 Å². The zero-order chi connectivity index (χ0) is 24.9. The fraction of sp³-hybridized carbons (Fsp3) is 0.524. The first-order chi connectivity index (χ1) is 15.4. The summed E-state index contributed by atoms with van der Waals surface area (Å²) in [5.41, 5.74) is -1.20. The topological polar surface area (TPSA) is 186 Å². The molecule has 7 N–H and O–H groups in total. The number of aromatic hydroxyl groups is 1. The van der Waals surface area contributed by atoms with Gasteiger partial charge < -0.3 is 41.3 Å². The Bertz CT molecular complexity index is 924. The first-order valence-corrected chi connectivity index (χ1v) is 10.4. The number of hydrogen-bond acceptors (Lipinski definition) is 8. The first-order valence-electron chi connectivity index (χ1n) is 10.4. The molecule has 12 heteroatoms. The van der Waals surface area contributed by atoms with Gasteiger partial charge in [0.2, 0.25) is 17.7 Å². The fourth-order valence-corrected chi connectivity index (χ4v) is 3.40. The first kappa shape index (κ1) is 25.9. The molecule has 12 nitrogen and oxygen atoms in total. The Hall–Kier alpha value is -3.38. The maximum atomic E-state index is 12.9. The molecule has 0 aliphatic carbocycles. The quantitative estimate of drug-likeness (QED) is 0.279. The second-order valence-electron chi connectivity index (χ2n) is 7.99. The van der Waals surface area contributed by atoms with Crippen LogP contribution in [0.4, 0.5) is 0 Å². The highest BCUT2D eigenvalue weighted by Gasteiger charge is 2.43. The number of phenols is 1. The highest BCUT2D eigenvalue weighted by Crippen LogP contribution is 2.35. The third-order valence-electron chi connectivity index (χ3n) is 5.61. The Labute approximate surface area is 190 Å². The standard InChI is InChI=1S/C21H30N4O8/c1-5-21(3)17(20(32)23-9-14(27)28)25-18(30)10(2)24-19(31)15(22-4)16(29)11-6-7-12(26)13(8-11)33-21/h6-8,10,15-17,22,26,29H,5,9H2,1-4H3,(H,23,32)(H,24,31)(H,25,30)(H,27,28)/t10-,15?,16+,17+,21+/m0/s1. The van der Waals surface area contributed by atoms with Crippen molar-refractivity contribution in [1.82, 2.24) is 21.3 Å². The maximum absolute atomic E-state index is 12.9. The van der Waals surface area contributed by atoms with Gasteiger partial charge in [-0.05, 0) is 45.0 Å². The smallest absolute Gasteiger partial charge is 0.322 e. The van der Waals surface area contributed by atoms with Crippen molar-refractivity contribution in [3.05, 3.63) is 23.8 Å². The van der Waals surface area contributed by atoms with Crippen LogP contribution in [0, 0.1) is 0 Å². The summed E-state index contributed by atoms with van der Waals surface area (Å²) in [6.07, 6.45) is -1.19. The molecule has 1 aliphatic rings. The van der Waals surface area contributed by atoms with Crippen LogP contribution in [0.15, 0.2) is 18.2 Å². The number of carbonyl (C=O) groups is 4. The predicted molar refractivity (Wildman–Crippen MR) is 115 cm³/mol. The van der Waals surface area contributed by atoms with E-state index in [-0.39, 0.29) is 23.5 Å². The lowest BCUT2D eigenvalue weighted by Crippen LogP contribution is -2.64. The Balaban J connectivity index is 2.60. The molecule has 2 rings (SSSR count). The number of ether oxygens (including phenoxy) is 1. The van der Waals surface area contributed by atoms with Crippen LogP contribution in [-0.4, -0.2) is 76.3 Å². The Morgan fingerprint density at radius 3 is 2.45 bits per heavy atom. The van der Waals surface area contributed by atoms with E-state index in [0.717, 1.165) is 0 Å². The van der Waals surface area contributed by atoms with Crippen molar-refractivity contribution in [2.45, 2.75) is 57.0 Å². The van der Waals surface area contributed by atoms with Gasteiger partial charge in [-0.1, -0.05) is 13.0 Å². The molecule has 0 saturated carbocycles. The van der Waals surface area contributed by atoms with Gasteiger partial charge in [-0.3, -0.25) is 19.2 Å². The van der Waals surface area contributed by atoms with Crippen molar-refractivity contribution in [3.8, 4) is 11.5 Å². The van der Waals surface area contributed by atoms with Crippen LogP contribution in [0.3, 0.4) is 0 Å². The van der Waals surface area contributed by atoms with E-state index < -0.39 is 60.1 Å². The number of hydrogen-bond donors (Lipinski definition) is 7. The number of phenolic OH excluding ortho intramolecular Hbond substituents is 1. The maximum Gasteiger partial charge on any atom is 0.322 e. The molecule has 1 unspecified atom stereocenters. The molecular formula is C21H30N4O8. The summed E-state index contributed by atoms with van der Waals surface area (Å²) >= 11 is 0. The second-order valence-corrected chi connectivity index (χ2v) is 7.99. The average molecular weight is 466 g/mol. The lowest BCUT2D eigenvalue weighted by molar-refractivity contribution is -0.140. The molecule has 0 radical (unpaired) electrons. The number of fused-ring (bicyclic) bond motifs is 2. The molecule has 1 aliphatic heterocycles. The van der Waals surface area contributed by atoms with Crippen LogP contribution in [0.2, 0.25) is 0 Å². The molecule has 0 spiro atoms. The van der Waals surface area contributed by atoms with E-state index in [0.29, 0.717) is 0 Å². The molecule has 0 saturated heterocycles. The van der Waals surface area contributed by atoms with Gasteiger partial charge in [0.1, 0.15) is 36.4 Å². The summed E-state index contributed by atoms with van der Waals surface area (Å²) in [5.74, 6) is -3.91. The molecule has 5 atom stereocenters. The Kier molecular flexibility index (Phi) is 8.23.